The SMILES string of the molecule is O=S(=O)(Nc1cccn2ccnc12)c1ccc2c(c1)CCCC2. The first-order valence-electron chi connectivity index (χ1n) is 7.70. The summed E-state index contributed by atoms with van der Waals surface area (Å²) in [4.78, 5) is 4.51. The molecule has 0 bridgehead atoms. The van der Waals surface area contributed by atoms with Crippen molar-refractivity contribution in [3.63, 3.8) is 0 Å². The van der Waals surface area contributed by atoms with Crippen molar-refractivity contribution in [3.05, 3.63) is 60.0 Å². The monoisotopic (exact) mass is 327 g/mol. The number of nitrogens with zero attached hydrogens (tertiary/aromatic N) is 2. The van der Waals surface area contributed by atoms with Gasteiger partial charge in [0.2, 0.25) is 0 Å². The Kier molecular flexibility index (Phi) is 3.34. The van der Waals surface area contributed by atoms with E-state index in [0.29, 0.717) is 16.2 Å². The van der Waals surface area contributed by atoms with Crippen LogP contribution in [-0.4, -0.2) is 17.8 Å². The maximum Gasteiger partial charge on any atom is 0.262 e. The lowest BCUT2D eigenvalue weighted by atomic mass is 9.92. The fourth-order valence-corrected chi connectivity index (χ4v) is 4.22. The Bertz CT molecular complexity index is 976. The van der Waals surface area contributed by atoms with Crippen LogP contribution < -0.4 is 4.72 Å². The molecule has 3 aromatic rings. The number of anilines is 1. The third-order valence-corrected chi connectivity index (χ3v) is 5.66. The van der Waals surface area contributed by atoms with E-state index in [1.807, 2.05) is 18.3 Å². The lowest BCUT2D eigenvalue weighted by Crippen LogP contribution is -2.15. The zero-order valence-electron chi connectivity index (χ0n) is 12.6. The van der Waals surface area contributed by atoms with E-state index in [1.165, 1.54) is 12.0 Å². The van der Waals surface area contributed by atoms with Crippen molar-refractivity contribution in [1.29, 1.82) is 0 Å². The average Bonchev–Trinajstić information content (AvgIpc) is 3.04. The standard InChI is InChI=1S/C17H17N3O2S/c21-23(22,15-8-7-13-4-1-2-5-14(13)12-15)19-16-6-3-10-20-11-9-18-17(16)20/h3,6-12,19H,1-2,4-5H2. The van der Waals surface area contributed by atoms with Crippen LogP contribution in [0.15, 0.2) is 53.8 Å². The van der Waals surface area contributed by atoms with Gasteiger partial charge >= 0.3 is 0 Å². The van der Waals surface area contributed by atoms with Gasteiger partial charge in [0.15, 0.2) is 5.65 Å². The number of fused-ring (bicyclic) bond motifs is 2. The summed E-state index contributed by atoms with van der Waals surface area (Å²) in [7, 11) is -3.62. The maximum atomic E-state index is 12.7. The van der Waals surface area contributed by atoms with Crippen molar-refractivity contribution < 1.29 is 8.42 Å². The van der Waals surface area contributed by atoms with E-state index in [9.17, 15) is 8.42 Å². The largest absolute Gasteiger partial charge is 0.305 e. The fraction of sp³-hybridized carbons (Fsp3) is 0.235. The minimum atomic E-state index is -3.62. The Morgan fingerprint density at radius 3 is 2.74 bits per heavy atom. The topological polar surface area (TPSA) is 63.5 Å². The van der Waals surface area contributed by atoms with Gasteiger partial charge in [-0.3, -0.25) is 4.72 Å². The van der Waals surface area contributed by atoms with E-state index in [1.54, 1.807) is 35.0 Å². The maximum absolute atomic E-state index is 12.7. The van der Waals surface area contributed by atoms with Gasteiger partial charge in [-0.2, -0.15) is 0 Å². The molecule has 23 heavy (non-hydrogen) atoms. The van der Waals surface area contributed by atoms with Crippen LogP contribution in [0.4, 0.5) is 5.69 Å². The molecule has 1 aliphatic rings. The van der Waals surface area contributed by atoms with Crippen molar-refractivity contribution >= 4 is 21.4 Å². The van der Waals surface area contributed by atoms with E-state index in [-0.39, 0.29) is 0 Å². The Balaban J connectivity index is 1.72. The number of hydrogen-bond donors (Lipinski definition) is 1. The molecule has 0 radical (unpaired) electrons. The van der Waals surface area contributed by atoms with Crippen LogP contribution in [0, 0.1) is 0 Å². The molecule has 2 aromatic heterocycles. The molecule has 6 heteroatoms. The summed E-state index contributed by atoms with van der Waals surface area (Å²) in [6, 6.07) is 8.96. The number of aromatic nitrogens is 2. The molecule has 0 spiro atoms. The van der Waals surface area contributed by atoms with Crippen LogP contribution in [0.5, 0.6) is 0 Å². The Hall–Kier alpha value is -2.34. The van der Waals surface area contributed by atoms with Crippen LogP contribution in [-0.2, 0) is 22.9 Å². The van der Waals surface area contributed by atoms with Gasteiger partial charge in [0.25, 0.3) is 10.0 Å². The molecular weight excluding hydrogens is 310 g/mol. The van der Waals surface area contributed by atoms with Crippen LogP contribution in [0.2, 0.25) is 0 Å². The molecule has 5 nitrogen and oxygen atoms in total. The molecule has 0 saturated carbocycles. The highest BCUT2D eigenvalue weighted by Crippen LogP contribution is 2.26. The van der Waals surface area contributed by atoms with E-state index in [0.717, 1.165) is 24.8 Å². The lowest BCUT2D eigenvalue weighted by Gasteiger charge is -2.17. The number of rotatable bonds is 3. The van der Waals surface area contributed by atoms with Gasteiger partial charge in [-0.1, -0.05) is 6.07 Å². The van der Waals surface area contributed by atoms with Gasteiger partial charge in [-0.05, 0) is 61.1 Å². The quantitative estimate of drug-likeness (QED) is 0.804. The van der Waals surface area contributed by atoms with Gasteiger partial charge in [-0.25, -0.2) is 13.4 Å². The number of sulfonamides is 1. The van der Waals surface area contributed by atoms with Gasteiger partial charge in [0.05, 0.1) is 10.6 Å². The third kappa shape index (κ3) is 2.59. The van der Waals surface area contributed by atoms with E-state index in [2.05, 4.69) is 9.71 Å². The number of benzene rings is 1. The smallest absolute Gasteiger partial charge is 0.262 e. The number of pyridine rings is 1. The first-order chi connectivity index (χ1) is 11.1. The molecule has 0 unspecified atom stereocenters. The van der Waals surface area contributed by atoms with Crippen LogP contribution in [0.25, 0.3) is 5.65 Å². The second-order valence-electron chi connectivity index (χ2n) is 5.82. The van der Waals surface area contributed by atoms with Crippen molar-refractivity contribution in [2.75, 3.05) is 4.72 Å². The number of hydrogen-bond acceptors (Lipinski definition) is 3. The number of imidazole rings is 1. The normalized spacial score (nSPS) is 14.6. The predicted molar refractivity (Wildman–Crippen MR) is 89.1 cm³/mol. The van der Waals surface area contributed by atoms with E-state index in [4.69, 9.17) is 0 Å². The molecule has 0 saturated heterocycles. The molecule has 1 aliphatic carbocycles. The van der Waals surface area contributed by atoms with Crippen molar-refractivity contribution in [2.45, 2.75) is 30.6 Å². The highest BCUT2D eigenvalue weighted by atomic mass is 32.2. The zero-order chi connectivity index (χ0) is 15.9. The molecule has 118 valence electrons. The summed E-state index contributed by atoms with van der Waals surface area (Å²) < 4.78 is 29.9. The van der Waals surface area contributed by atoms with E-state index >= 15 is 0 Å². The van der Waals surface area contributed by atoms with Crippen molar-refractivity contribution in [1.82, 2.24) is 9.38 Å². The summed E-state index contributed by atoms with van der Waals surface area (Å²) in [5.74, 6) is 0. The molecule has 0 atom stereocenters. The fourth-order valence-electron chi connectivity index (χ4n) is 3.11. The number of aryl methyl sites for hydroxylation is 2. The van der Waals surface area contributed by atoms with Crippen LogP contribution >= 0.6 is 0 Å². The summed E-state index contributed by atoms with van der Waals surface area (Å²) in [5.41, 5.74) is 3.49. The molecular formula is C17H17N3O2S. The van der Waals surface area contributed by atoms with Gasteiger partial charge in [-0.15, -0.1) is 0 Å². The Labute approximate surface area is 135 Å². The molecule has 0 amide bonds. The van der Waals surface area contributed by atoms with Crippen LogP contribution in [0.3, 0.4) is 0 Å². The first kappa shape index (κ1) is 14.3. The predicted octanol–water partition coefficient (Wildman–Crippen LogP) is 3.01. The highest BCUT2D eigenvalue weighted by Gasteiger charge is 2.19. The Morgan fingerprint density at radius 1 is 1.04 bits per heavy atom. The second kappa shape index (κ2) is 5.38. The number of nitrogens with one attached hydrogen (secondary N) is 1. The van der Waals surface area contributed by atoms with Gasteiger partial charge in [0, 0.05) is 18.6 Å². The second-order valence-corrected chi connectivity index (χ2v) is 7.51. The minimum absolute atomic E-state index is 0.312. The van der Waals surface area contributed by atoms with E-state index < -0.39 is 10.0 Å². The molecule has 1 N–H and O–H groups in total. The average molecular weight is 327 g/mol. The van der Waals surface area contributed by atoms with Gasteiger partial charge in [0.1, 0.15) is 0 Å². The highest BCUT2D eigenvalue weighted by molar-refractivity contribution is 7.92. The molecule has 1 aromatic carbocycles. The molecule has 4 rings (SSSR count). The molecule has 2 heterocycles. The summed E-state index contributed by atoms with van der Waals surface area (Å²) in [5, 5.41) is 0. The van der Waals surface area contributed by atoms with Gasteiger partial charge < -0.3 is 4.40 Å². The van der Waals surface area contributed by atoms with Crippen LogP contribution in [0.1, 0.15) is 24.0 Å². The van der Waals surface area contributed by atoms with Crippen molar-refractivity contribution in [2.24, 2.45) is 0 Å². The first-order valence-corrected chi connectivity index (χ1v) is 9.18. The zero-order valence-corrected chi connectivity index (χ0v) is 13.4. The molecule has 0 fully saturated rings. The summed E-state index contributed by atoms with van der Waals surface area (Å²) >= 11 is 0. The lowest BCUT2D eigenvalue weighted by molar-refractivity contribution is 0.600. The summed E-state index contributed by atoms with van der Waals surface area (Å²) in [6.45, 7) is 0. The van der Waals surface area contributed by atoms with Crippen molar-refractivity contribution in [3.8, 4) is 0 Å². The minimum Gasteiger partial charge on any atom is -0.305 e. The third-order valence-electron chi connectivity index (χ3n) is 4.29. The Morgan fingerprint density at radius 2 is 1.87 bits per heavy atom. The summed E-state index contributed by atoms with van der Waals surface area (Å²) in [6.07, 6.45) is 9.55. The molecule has 0 aliphatic heterocycles.